The van der Waals surface area contributed by atoms with Crippen LogP contribution in [0.2, 0.25) is 0 Å². The van der Waals surface area contributed by atoms with Crippen LogP contribution in [0.5, 0.6) is 51.7 Å². The molecule has 7 rings (SSSR count). The molecule has 0 unspecified atom stereocenters. The first-order chi connectivity index (χ1) is 33.4. The van der Waals surface area contributed by atoms with Crippen LogP contribution in [0.25, 0.3) is 12.2 Å². The van der Waals surface area contributed by atoms with Crippen LogP contribution in [-0.2, 0) is 33.6 Å². The van der Waals surface area contributed by atoms with Crippen LogP contribution in [0, 0.1) is 0 Å². The molecule has 69 heavy (non-hydrogen) atoms. The van der Waals surface area contributed by atoms with Crippen LogP contribution in [0.15, 0.2) is 133 Å². The molecule has 0 radical (unpaired) electrons. The lowest BCUT2D eigenvalue weighted by molar-refractivity contribution is -0.124. The second-order valence-electron chi connectivity index (χ2n) is 16.0. The van der Waals surface area contributed by atoms with E-state index in [0.29, 0.717) is 53.8 Å². The van der Waals surface area contributed by atoms with Gasteiger partial charge in [-0.2, -0.15) is 0 Å². The van der Waals surface area contributed by atoms with E-state index in [1.807, 2.05) is 0 Å². The third-order valence-corrected chi connectivity index (χ3v) is 11.3. The minimum atomic E-state index is -0.943. The van der Waals surface area contributed by atoms with Crippen LogP contribution >= 0.6 is 0 Å². The SMILES string of the molecule is COc1cc([C@H]2Oc3c(OC)cc(/C=C(\Oc4ccc(/C=C/C(=O)NCCc5ccc(O)cc5)cc4OC)C(=O)NCCc4ccc(O)cc4)cc3[C@@H]2C(=O)NCCc2ccc(O)cc2)ccc1O. The predicted octanol–water partition coefficient (Wildman–Crippen LogP) is 7.26. The van der Waals surface area contributed by atoms with Crippen molar-refractivity contribution in [3.8, 4) is 51.7 Å². The minimum Gasteiger partial charge on any atom is -0.508 e. The van der Waals surface area contributed by atoms with Crippen LogP contribution in [0.1, 0.15) is 51.0 Å². The Morgan fingerprint density at radius 3 is 1.71 bits per heavy atom. The molecule has 1 heterocycles. The Morgan fingerprint density at radius 1 is 0.580 bits per heavy atom. The van der Waals surface area contributed by atoms with Gasteiger partial charge in [0, 0.05) is 31.3 Å². The summed E-state index contributed by atoms with van der Waals surface area (Å²) >= 11 is 0. The van der Waals surface area contributed by atoms with E-state index in [4.69, 9.17) is 23.7 Å². The third-order valence-electron chi connectivity index (χ3n) is 11.3. The average molecular weight is 936 g/mol. The van der Waals surface area contributed by atoms with E-state index in [1.165, 1.54) is 39.5 Å². The standard InChI is InChI=1S/C54H53N3O12/c1-65-45-32-38(12-19-43(45)61)51-50(54(64)57-27-24-35-8-17-41(60)18-9-35)42-28-37(30-47(67-3)52(42)69-51)31-48(53(63)56-26-23-34-6-15-40(59)16-7-34)68-44-20-10-36(29-46(44)66-2)11-21-49(62)55-25-22-33-4-13-39(58)14-5-33/h4-21,28-32,50-51,58-61H,22-27H2,1-3H3,(H,55,62)(H,56,63)(H,57,64)/b21-11+,48-31-/t50-,51+/m0/s1. The zero-order chi connectivity index (χ0) is 48.9. The largest absolute Gasteiger partial charge is 0.508 e. The van der Waals surface area contributed by atoms with Crippen molar-refractivity contribution in [2.75, 3.05) is 41.0 Å². The number of phenolic OH excluding ortho intramolecular Hbond substituents is 4. The van der Waals surface area contributed by atoms with Gasteiger partial charge in [0.15, 0.2) is 40.3 Å². The number of nitrogens with one attached hydrogen (secondary N) is 3. The molecule has 6 aromatic rings. The Kier molecular flexibility index (Phi) is 15.9. The molecule has 0 fully saturated rings. The zero-order valence-electron chi connectivity index (χ0n) is 38.2. The Hall–Kier alpha value is -8.59. The predicted molar refractivity (Wildman–Crippen MR) is 259 cm³/mol. The maximum absolute atomic E-state index is 14.4. The lowest BCUT2D eigenvalue weighted by atomic mass is 9.89. The first kappa shape index (κ1) is 48.3. The van der Waals surface area contributed by atoms with Crippen LogP contribution in [-0.4, -0.2) is 79.1 Å². The summed E-state index contributed by atoms with van der Waals surface area (Å²) in [6.07, 6.45) is 5.17. The summed E-state index contributed by atoms with van der Waals surface area (Å²) in [5.41, 5.74) is 4.81. The summed E-state index contributed by atoms with van der Waals surface area (Å²) in [7, 11) is 4.34. The highest BCUT2D eigenvalue weighted by Crippen LogP contribution is 2.52. The van der Waals surface area contributed by atoms with E-state index in [2.05, 4.69) is 16.0 Å². The van der Waals surface area contributed by atoms with E-state index in [9.17, 15) is 34.8 Å². The van der Waals surface area contributed by atoms with Gasteiger partial charge in [0.1, 0.15) is 29.3 Å². The van der Waals surface area contributed by atoms with Gasteiger partial charge in [-0.1, -0.05) is 48.5 Å². The van der Waals surface area contributed by atoms with Gasteiger partial charge in [-0.25, -0.2) is 0 Å². The van der Waals surface area contributed by atoms with Gasteiger partial charge in [-0.3, -0.25) is 14.4 Å². The van der Waals surface area contributed by atoms with Crippen LogP contribution in [0.3, 0.4) is 0 Å². The number of methoxy groups -OCH3 is 3. The Bertz CT molecular complexity index is 2830. The van der Waals surface area contributed by atoms with Gasteiger partial charge >= 0.3 is 0 Å². The number of hydrogen-bond acceptors (Lipinski definition) is 12. The number of benzene rings is 6. The topological polar surface area (TPSA) is 214 Å². The second kappa shape index (κ2) is 22.7. The van der Waals surface area contributed by atoms with Crippen LogP contribution < -0.4 is 39.6 Å². The lowest BCUT2D eigenvalue weighted by Gasteiger charge is -2.20. The van der Waals surface area contributed by atoms with Crippen molar-refractivity contribution in [2.24, 2.45) is 0 Å². The molecule has 0 bridgehead atoms. The minimum absolute atomic E-state index is 0.0880. The van der Waals surface area contributed by atoms with Crippen molar-refractivity contribution >= 4 is 29.9 Å². The monoisotopic (exact) mass is 935 g/mol. The summed E-state index contributed by atoms with van der Waals surface area (Å²) in [6, 6.07) is 33.2. The fourth-order valence-corrected chi connectivity index (χ4v) is 7.69. The Labute approximate surface area is 399 Å². The molecule has 0 saturated heterocycles. The Balaban J connectivity index is 1.18. The summed E-state index contributed by atoms with van der Waals surface area (Å²) < 4.78 is 29.9. The lowest BCUT2D eigenvalue weighted by Crippen LogP contribution is -2.33. The quantitative estimate of drug-likeness (QED) is 0.0298. The smallest absolute Gasteiger partial charge is 0.287 e. The third kappa shape index (κ3) is 12.7. The molecule has 0 saturated carbocycles. The van der Waals surface area contributed by atoms with Gasteiger partial charge in [0.05, 0.1) is 21.3 Å². The van der Waals surface area contributed by atoms with E-state index in [0.717, 1.165) is 16.7 Å². The summed E-state index contributed by atoms with van der Waals surface area (Å²) in [6.45, 7) is 0.878. The van der Waals surface area contributed by atoms with Crippen LogP contribution in [0.4, 0.5) is 0 Å². The molecule has 0 aliphatic carbocycles. The molecule has 356 valence electrons. The number of aromatic hydroxyl groups is 4. The molecule has 6 aromatic carbocycles. The molecule has 1 aliphatic rings. The van der Waals surface area contributed by atoms with Crippen molar-refractivity contribution in [3.05, 3.63) is 172 Å². The summed E-state index contributed by atoms with van der Waals surface area (Å²) in [5.74, 6) is -0.735. The number of hydrogen-bond donors (Lipinski definition) is 7. The number of fused-ring (bicyclic) bond motifs is 1. The number of rotatable bonds is 20. The zero-order valence-corrected chi connectivity index (χ0v) is 38.2. The fraction of sp³-hybridized carbons (Fsp3) is 0.204. The van der Waals surface area contributed by atoms with E-state index < -0.39 is 17.9 Å². The van der Waals surface area contributed by atoms with Crippen molar-refractivity contribution in [1.82, 2.24) is 16.0 Å². The van der Waals surface area contributed by atoms with Gasteiger partial charge in [-0.15, -0.1) is 0 Å². The van der Waals surface area contributed by atoms with Gasteiger partial charge in [0.2, 0.25) is 11.8 Å². The molecule has 7 N–H and O–H groups in total. The van der Waals surface area contributed by atoms with Gasteiger partial charge < -0.3 is 60.1 Å². The van der Waals surface area contributed by atoms with Gasteiger partial charge in [-0.05, 0) is 138 Å². The maximum Gasteiger partial charge on any atom is 0.287 e. The highest BCUT2D eigenvalue weighted by Gasteiger charge is 2.43. The molecule has 0 aromatic heterocycles. The summed E-state index contributed by atoms with van der Waals surface area (Å²) in [4.78, 5) is 41.2. The number of ether oxygens (including phenoxy) is 5. The number of phenols is 4. The van der Waals surface area contributed by atoms with Gasteiger partial charge in [0.25, 0.3) is 5.91 Å². The second-order valence-corrected chi connectivity index (χ2v) is 16.0. The van der Waals surface area contributed by atoms with E-state index in [-0.39, 0.29) is 76.7 Å². The normalized spacial score (nSPS) is 14.0. The van der Waals surface area contributed by atoms with Crippen molar-refractivity contribution in [1.29, 1.82) is 0 Å². The number of amides is 3. The highest BCUT2D eigenvalue weighted by molar-refractivity contribution is 5.97. The molecule has 1 aliphatic heterocycles. The first-order valence-corrected chi connectivity index (χ1v) is 22.1. The number of carbonyl (C=O) groups is 3. The molecule has 15 nitrogen and oxygen atoms in total. The van der Waals surface area contributed by atoms with E-state index in [1.54, 1.807) is 121 Å². The average Bonchev–Trinajstić information content (AvgIpc) is 3.74. The molecular weight excluding hydrogens is 883 g/mol. The Morgan fingerprint density at radius 2 is 1.13 bits per heavy atom. The summed E-state index contributed by atoms with van der Waals surface area (Å²) in [5, 5.41) is 48.3. The molecule has 15 heteroatoms. The molecular formula is C54H53N3O12. The first-order valence-electron chi connectivity index (χ1n) is 22.1. The number of carbonyl (C=O) groups excluding carboxylic acids is 3. The highest BCUT2D eigenvalue weighted by atomic mass is 16.5. The molecule has 3 amide bonds. The van der Waals surface area contributed by atoms with E-state index >= 15 is 0 Å². The molecule has 0 spiro atoms. The molecule has 2 atom stereocenters. The van der Waals surface area contributed by atoms with Crippen molar-refractivity contribution < 1.29 is 58.5 Å². The van der Waals surface area contributed by atoms with Crippen molar-refractivity contribution in [2.45, 2.75) is 31.3 Å². The van der Waals surface area contributed by atoms with Crippen molar-refractivity contribution in [3.63, 3.8) is 0 Å². The fourth-order valence-electron chi connectivity index (χ4n) is 7.69. The maximum atomic E-state index is 14.4.